The number of hydrogen-bond donors (Lipinski definition) is 3. The van der Waals surface area contributed by atoms with Crippen LogP contribution >= 0.6 is 0 Å². The van der Waals surface area contributed by atoms with Crippen LogP contribution in [0.5, 0.6) is 0 Å². The fourth-order valence-electron chi connectivity index (χ4n) is 2.48. The van der Waals surface area contributed by atoms with Gasteiger partial charge in [-0.15, -0.1) is 0 Å². The van der Waals surface area contributed by atoms with Crippen molar-refractivity contribution in [3.05, 3.63) is 60.2 Å². The summed E-state index contributed by atoms with van der Waals surface area (Å²) < 4.78 is 0. The van der Waals surface area contributed by atoms with Crippen LogP contribution in [0.25, 0.3) is 0 Å². The predicted octanol–water partition coefficient (Wildman–Crippen LogP) is 3.32. The Kier molecular flexibility index (Phi) is 6.51. The average molecular weight is 325 g/mol. The molecule has 1 unspecified atom stereocenters. The first-order chi connectivity index (χ1) is 11.6. The van der Waals surface area contributed by atoms with E-state index in [0.29, 0.717) is 11.4 Å². The Morgan fingerprint density at radius 2 is 1.62 bits per heavy atom. The van der Waals surface area contributed by atoms with Crippen LogP contribution in [0.3, 0.4) is 0 Å². The number of carbonyl (C=O) groups excluding carboxylic acids is 2. The molecule has 3 N–H and O–H groups in total. The molecule has 5 nitrogen and oxygen atoms in total. The van der Waals surface area contributed by atoms with E-state index < -0.39 is 0 Å². The van der Waals surface area contributed by atoms with Crippen molar-refractivity contribution in [2.45, 2.75) is 26.3 Å². The van der Waals surface area contributed by atoms with E-state index in [9.17, 15) is 9.59 Å². The molecule has 2 rings (SSSR count). The van der Waals surface area contributed by atoms with E-state index in [2.05, 4.69) is 35.0 Å². The summed E-state index contributed by atoms with van der Waals surface area (Å²) in [5.74, 6) is -0.266. The highest BCUT2D eigenvalue weighted by Crippen LogP contribution is 2.16. The van der Waals surface area contributed by atoms with Crippen LogP contribution in [-0.2, 0) is 9.59 Å². The maximum atomic E-state index is 12.1. The first kappa shape index (κ1) is 17.7. The summed E-state index contributed by atoms with van der Waals surface area (Å²) in [5, 5.41) is 8.80. The summed E-state index contributed by atoms with van der Waals surface area (Å²) in [6.07, 6.45) is 0.898. The molecule has 0 saturated heterocycles. The molecule has 0 aliphatic heterocycles. The largest absolute Gasteiger partial charge is 0.326 e. The minimum absolute atomic E-state index is 0.121. The summed E-state index contributed by atoms with van der Waals surface area (Å²) in [4.78, 5) is 23.2. The van der Waals surface area contributed by atoms with Crippen LogP contribution in [0.4, 0.5) is 11.4 Å². The Labute approximate surface area is 142 Å². The van der Waals surface area contributed by atoms with Gasteiger partial charge in [-0.05, 0) is 30.2 Å². The lowest BCUT2D eigenvalue weighted by atomic mass is 10.0. The number of amides is 2. The Balaban J connectivity index is 1.90. The van der Waals surface area contributed by atoms with E-state index in [1.54, 1.807) is 24.3 Å². The van der Waals surface area contributed by atoms with Crippen LogP contribution in [0, 0.1) is 0 Å². The SMILES string of the molecule is CCC(NCC(=O)Nc1cccc(NC(C)=O)c1)c1ccccc1. The number of anilines is 2. The van der Waals surface area contributed by atoms with E-state index in [1.165, 1.54) is 12.5 Å². The summed E-state index contributed by atoms with van der Waals surface area (Å²) in [6.45, 7) is 3.75. The predicted molar refractivity (Wildman–Crippen MR) is 96.9 cm³/mol. The van der Waals surface area contributed by atoms with E-state index >= 15 is 0 Å². The monoisotopic (exact) mass is 325 g/mol. The quantitative estimate of drug-likeness (QED) is 0.731. The summed E-state index contributed by atoms with van der Waals surface area (Å²) >= 11 is 0. The van der Waals surface area contributed by atoms with E-state index in [4.69, 9.17) is 0 Å². The van der Waals surface area contributed by atoms with Crippen LogP contribution in [-0.4, -0.2) is 18.4 Å². The van der Waals surface area contributed by atoms with Gasteiger partial charge in [0.25, 0.3) is 0 Å². The number of nitrogens with one attached hydrogen (secondary N) is 3. The molecule has 126 valence electrons. The van der Waals surface area contributed by atoms with Gasteiger partial charge in [-0.2, -0.15) is 0 Å². The third kappa shape index (κ3) is 5.52. The van der Waals surface area contributed by atoms with Gasteiger partial charge < -0.3 is 16.0 Å². The number of hydrogen-bond acceptors (Lipinski definition) is 3. The number of benzene rings is 2. The van der Waals surface area contributed by atoms with Crippen molar-refractivity contribution in [2.75, 3.05) is 17.2 Å². The Hall–Kier alpha value is -2.66. The molecule has 2 aromatic rings. The Morgan fingerprint density at radius 1 is 0.958 bits per heavy atom. The lowest BCUT2D eigenvalue weighted by molar-refractivity contribution is -0.115. The van der Waals surface area contributed by atoms with Crippen molar-refractivity contribution < 1.29 is 9.59 Å². The van der Waals surface area contributed by atoms with Crippen molar-refractivity contribution in [1.29, 1.82) is 0 Å². The van der Waals surface area contributed by atoms with Gasteiger partial charge in [-0.25, -0.2) is 0 Å². The highest BCUT2D eigenvalue weighted by Gasteiger charge is 2.10. The zero-order valence-corrected chi connectivity index (χ0v) is 14.0. The normalized spacial score (nSPS) is 11.6. The Bertz CT molecular complexity index is 686. The second-order valence-electron chi connectivity index (χ2n) is 5.56. The van der Waals surface area contributed by atoms with Gasteiger partial charge in [0.2, 0.25) is 11.8 Å². The molecule has 0 spiro atoms. The van der Waals surface area contributed by atoms with Crippen LogP contribution in [0.15, 0.2) is 54.6 Å². The highest BCUT2D eigenvalue weighted by atomic mass is 16.2. The van der Waals surface area contributed by atoms with Crippen molar-refractivity contribution >= 4 is 23.2 Å². The van der Waals surface area contributed by atoms with E-state index in [-0.39, 0.29) is 24.4 Å². The number of carbonyl (C=O) groups is 2. The first-order valence-electron chi connectivity index (χ1n) is 8.04. The number of rotatable bonds is 7. The third-order valence-electron chi connectivity index (χ3n) is 3.59. The third-order valence-corrected chi connectivity index (χ3v) is 3.59. The van der Waals surface area contributed by atoms with Gasteiger partial charge >= 0.3 is 0 Å². The fraction of sp³-hybridized carbons (Fsp3) is 0.263. The lowest BCUT2D eigenvalue weighted by Gasteiger charge is -2.17. The smallest absolute Gasteiger partial charge is 0.238 e. The molecule has 0 radical (unpaired) electrons. The van der Waals surface area contributed by atoms with Gasteiger partial charge in [0, 0.05) is 24.3 Å². The zero-order valence-electron chi connectivity index (χ0n) is 14.0. The van der Waals surface area contributed by atoms with Gasteiger partial charge in [0.15, 0.2) is 0 Å². The molecule has 0 aliphatic carbocycles. The molecule has 1 atom stereocenters. The average Bonchev–Trinajstić information content (AvgIpc) is 2.56. The molecule has 2 amide bonds. The first-order valence-corrected chi connectivity index (χ1v) is 8.04. The molecular weight excluding hydrogens is 302 g/mol. The van der Waals surface area contributed by atoms with Gasteiger partial charge in [0.1, 0.15) is 0 Å². The van der Waals surface area contributed by atoms with Crippen LogP contribution < -0.4 is 16.0 Å². The maximum Gasteiger partial charge on any atom is 0.238 e. The minimum Gasteiger partial charge on any atom is -0.326 e. The second-order valence-corrected chi connectivity index (χ2v) is 5.56. The van der Waals surface area contributed by atoms with Crippen molar-refractivity contribution in [3.8, 4) is 0 Å². The van der Waals surface area contributed by atoms with Crippen molar-refractivity contribution in [1.82, 2.24) is 5.32 Å². The highest BCUT2D eigenvalue weighted by molar-refractivity contribution is 5.94. The molecule has 0 saturated carbocycles. The molecule has 0 aromatic heterocycles. The maximum absolute atomic E-state index is 12.1. The standard InChI is InChI=1S/C19H23N3O2/c1-3-18(15-8-5-4-6-9-15)20-13-19(24)22-17-11-7-10-16(12-17)21-14(2)23/h4-12,18,20H,3,13H2,1-2H3,(H,21,23)(H,22,24). The van der Waals surface area contributed by atoms with Gasteiger partial charge in [0.05, 0.1) is 6.54 Å². The summed E-state index contributed by atoms with van der Waals surface area (Å²) in [7, 11) is 0. The molecule has 5 heteroatoms. The van der Waals surface area contributed by atoms with Crippen molar-refractivity contribution in [3.63, 3.8) is 0 Å². The molecule has 24 heavy (non-hydrogen) atoms. The second kappa shape index (κ2) is 8.84. The summed E-state index contributed by atoms with van der Waals surface area (Å²) in [6, 6.07) is 17.3. The fourth-order valence-corrected chi connectivity index (χ4v) is 2.48. The van der Waals surface area contributed by atoms with Crippen molar-refractivity contribution in [2.24, 2.45) is 0 Å². The molecular formula is C19H23N3O2. The lowest BCUT2D eigenvalue weighted by Crippen LogP contribution is -2.31. The topological polar surface area (TPSA) is 70.2 Å². The molecule has 2 aromatic carbocycles. The molecule has 0 aliphatic rings. The minimum atomic E-state index is -0.145. The van der Waals surface area contributed by atoms with E-state index in [0.717, 1.165) is 6.42 Å². The van der Waals surface area contributed by atoms with Crippen LogP contribution in [0.1, 0.15) is 31.9 Å². The zero-order chi connectivity index (χ0) is 17.4. The molecule has 0 fully saturated rings. The Morgan fingerprint density at radius 3 is 2.25 bits per heavy atom. The van der Waals surface area contributed by atoms with Gasteiger partial charge in [-0.1, -0.05) is 43.3 Å². The molecule has 0 heterocycles. The van der Waals surface area contributed by atoms with Crippen LogP contribution in [0.2, 0.25) is 0 Å². The van der Waals surface area contributed by atoms with Gasteiger partial charge in [-0.3, -0.25) is 9.59 Å². The van der Waals surface area contributed by atoms with E-state index in [1.807, 2.05) is 18.2 Å². The molecule has 0 bridgehead atoms. The summed E-state index contributed by atoms with van der Waals surface area (Å²) in [5.41, 5.74) is 2.48.